The minimum atomic E-state index is 0.662. The second kappa shape index (κ2) is 8.55. The van der Waals surface area contributed by atoms with Gasteiger partial charge in [-0.3, -0.25) is 4.90 Å². The Kier molecular flexibility index (Phi) is 5.93. The Bertz CT molecular complexity index is 768. The standard InChI is InChI=1S/C20H24N4O/c1-23(15-20-22-21-16-24(20)12-13-25-2)14-17-8-10-19(11-9-17)18-6-4-3-5-7-18/h3-11,16H,12-15H2,1-2H3. The highest BCUT2D eigenvalue weighted by molar-refractivity contribution is 5.63. The van der Waals surface area contributed by atoms with Crippen molar-refractivity contribution >= 4 is 0 Å². The summed E-state index contributed by atoms with van der Waals surface area (Å²) in [5, 5.41) is 8.23. The smallest absolute Gasteiger partial charge is 0.147 e. The van der Waals surface area contributed by atoms with Crippen LogP contribution < -0.4 is 0 Å². The maximum atomic E-state index is 5.13. The van der Waals surface area contributed by atoms with Gasteiger partial charge in [0.1, 0.15) is 12.2 Å². The van der Waals surface area contributed by atoms with Crippen molar-refractivity contribution in [3.63, 3.8) is 0 Å². The van der Waals surface area contributed by atoms with Crippen LogP contribution in [0.3, 0.4) is 0 Å². The predicted molar refractivity (Wildman–Crippen MR) is 98.9 cm³/mol. The molecule has 130 valence electrons. The Balaban J connectivity index is 1.60. The fraction of sp³-hybridized carbons (Fsp3) is 0.300. The molecular weight excluding hydrogens is 312 g/mol. The number of ether oxygens (including phenoxy) is 1. The highest BCUT2D eigenvalue weighted by Gasteiger charge is 2.08. The van der Waals surface area contributed by atoms with Gasteiger partial charge < -0.3 is 9.30 Å². The molecule has 1 aromatic heterocycles. The molecule has 0 N–H and O–H groups in total. The summed E-state index contributed by atoms with van der Waals surface area (Å²) < 4.78 is 7.17. The lowest BCUT2D eigenvalue weighted by Crippen LogP contribution is -2.20. The molecule has 0 amide bonds. The highest BCUT2D eigenvalue weighted by atomic mass is 16.5. The summed E-state index contributed by atoms with van der Waals surface area (Å²) in [4.78, 5) is 2.24. The van der Waals surface area contributed by atoms with Gasteiger partial charge in [-0.1, -0.05) is 54.6 Å². The van der Waals surface area contributed by atoms with Crippen molar-refractivity contribution in [1.82, 2.24) is 19.7 Å². The van der Waals surface area contributed by atoms with Crippen molar-refractivity contribution in [3.05, 3.63) is 72.3 Å². The zero-order valence-corrected chi connectivity index (χ0v) is 14.8. The summed E-state index contributed by atoms with van der Waals surface area (Å²) in [6.07, 6.45) is 1.76. The Morgan fingerprint density at radius 1 is 0.960 bits per heavy atom. The van der Waals surface area contributed by atoms with Crippen molar-refractivity contribution in [2.45, 2.75) is 19.6 Å². The average Bonchev–Trinajstić information content (AvgIpc) is 3.08. The molecule has 0 atom stereocenters. The number of hydrogen-bond acceptors (Lipinski definition) is 4. The highest BCUT2D eigenvalue weighted by Crippen LogP contribution is 2.19. The predicted octanol–water partition coefficient (Wildman–Crippen LogP) is 3.22. The number of aromatic nitrogens is 3. The SMILES string of the molecule is COCCn1cnnc1CN(C)Cc1ccc(-c2ccccc2)cc1. The van der Waals surface area contributed by atoms with Crippen LogP contribution in [0.2, 0.25) is 0 Å². The number of methoxy groups -OCH3 is 1. The van der Waals surface area contributed by atoms with Gasteiger partial charge in [-0.15, -0.1) is 10.2 Å². The van der Waals surface area contributed by atoms with Crippen LogP contribution >= 0.6 is 0 Å². The van der Waals surface area contributed by atoms with E-state index in [1.165, 1.54) is 16.7 Å². The third-order valence-electron chi connectivity index (χ3n) is 4.16. The molecule has 2 aromatic carbocycles. The molecule has 0 spiro atoms. The van der Waals surface area contributed by atoms with Crippen molar-refractivity contribution in [2.24, 2.45) is 0 Å². The van der Waals surface area contributed by atoms with Crippen LogP contribution in [0.5, 0.6) is 0 Å². The molecular formula is C20H24N4O. The van der Waals surface area contributed by atoms with E-state index >= 15 is 0 Å². The molecule has 0 aliphatic carbocycles. The fourth-order valence-electron chi connectivity index (χ4n) is 2.82. The third-order valence-corrected chi connectivity index (χ3v) is 4.16. The molecule has 5 heteroatoms. The molecule has 5 nitrogen and oxygen atoms in total. The minimum absolute atomic E-state index is 0.662. The van der Waals surface area contributed by atoms with E-state index in [1.54, 1.807) is 13.4 Å². The molecule has 0 aliphatic rings. The van der Waals surface area contributed by atoms with Crippen LogP contribution in [0.1, 0.15) is 11.4 Å². The molecule has 3 rings (SSSR count). The van der Waals surface area contributed by atoms with E-state index in [1.807, 2.05) is 10.6 Å². The topological polar surface area (TPSA) is 43.2 Å². The first-order chi connectivity index (χ1) is 12.3. The van der Waals surface area contributed by atoms with Gasteiger partial charge in [-0.2, -0.15) is 0 Å². The molecule has 1 heterocycles. The van der Waals surface area contributed by atoms with Gasteiger partial charge in [0, 0.05) is 20.2 Å². The average molecular weight is 336 g/mol. The first-order valence-corrected chi connectivity index (χ1v) is 8.45. The van der Waals surface area contributed by atoms with E-state index in [0.29, 0.717) is 6.61 Å². The molecule has 3 aromatic rings. The van der Waals surface area contributed by atoms with E-state index in [2.05, 4.69) is 70.7 Å². The Labute approximate surface area is 148 Å². The van der Waals surface area contributed by atoms with Crippen molar-refractivity contribution in [3.8, 4) is 11.1 Å². The zero-order valence-electron chi connectivity index (χ0n) is 14.8. The summed E-state index contributed by atoms with van der Waals surface area (Å²) in [5.41, 5.74) is 3.77. The van der Waals surface area contributed by atoms with Gasteiger partial charge in [-0.05, 0) is 23.7 Å². The lowest BCUT2D eigenvalue weighted by molar-refractivity contribution is 0.184. The van der Waals surface area contributed by atoms with Gasteiger partial charge in [0.05, 0.1) is 13.2 Å². The summed E-state index contributed by atoms with van der Waals surface area (Å²) >= 11 is 0. The Hall–Kier alpha value is -2.50. The van der Waals surface area contributed by atoms with Crippen LogP contribution in [-0.4, -0.2) is 40.4 Å². The van der Waals surface area contributed by atoms with Crippen LogP contribution in [0.25, 0.3) is 11.1 Å². The Morgan fingerprint density at radius 3 is 2.40 bits per heavy atom. The Morgan fingerprint density at radius 2 is 1.68 bits per heavy atom. The number of benzene rings is 2. The van der Waals surface area contributed by atoms with E-state index < -0.39 is 0 Å². The van der Waals surface area contributed by atoms with E-state index in [9.17, 15) is 0 Å². The van der Waals surface area contributed by atoms with E-state index in [4.69, 9.17) is 4.74 Å². The second-order valence-corrected chi connectivity index (χ2v) is 6.17. The van der Waals surface area contributed by atoms with Crippen molar-refractivity contribution in [1.29, 1.82) is 0 Å². The van der Waals surface area contributed by atoms with E-state index in [0.717, 1.165) is 25.5 Å². The molecule has 0 unspecified atom stereocenters. The van der Waals surface area contributed by atoms with Crippen LogP contribution in [-0.2, 0) is 24.4 Å². The minimum Gasteiger partial charge on any atom is -0.383 e. The van der Waals surface area contributed by atoms with Crippen LogP contribution in [0, 0.1) is 0 Å². The molecule has 0 radical (unpaired) electrons. The lowest BCUT2D eigenvalue weighted by Gasteiger charge is -2.17. The van der Waals surface area contributed by atoms with Gasteiger partial charge in [0.25, 0.3) is 0 Å². The van der Waals surface area contributed by atoms with Crippen LogP contribution in [0.15, 0.2) is 60.9 Å². The monoisotopic (exact) mass is 336 g/mol. The normalized spacial score (nSPS) is 11.2. The second-order valence-electron chi connectivity index (χ2n) is 6.17. The fourth-order valence-corrected chi connectivity index (χ4v) is 2.82. The number of hydrogen-bond donors (Lipinski definition) is 0. The summed E-state index contributed by atoms with van der Waals surface area (Å²) in [7, 11) is 3.80. The summed E-state index contributed by atoms with van der Waals surface area (Å²) in [5.74, 6) is 0.959. The molecule has 0 bridgehead atoms. The van der Waals surface area contributed by atoms with Gasteiger partial charge in [0.15, 0.2) is 0 Å². The number of rotatable bonds is 8. The van der Waals surface area contributed by atoms with Crippen molar-refractivity contribution in [2.75, 3.05) is 20.8 Å². The quantitative estimate of drug-likeness (QED) is 0.633. The molecule has 0 fully saturated rings. The van der Waals surface area contributed by atoms with Crippen molar-refractivity contribution < 1.29 is 4.74 Å². The molecule has 0 saturated carbocycles. The summed E-state index contributed by atoms with van der Waals surface area (Å²) in [6, 6.07) is 19.2. The lowest BCUT2D eigenvalue weighted by atomic mass is 10.0. The first kappa shape index (κ1) is 17.3. The number of nitrogens with zero attached hydrogens (tertiary/aromatic N) is 4. The van der Waals surface area contributed by atoms with Gasteiger partial charge in [0.2, 0.25) is 0 Å². The third kappa shape index (κ3) is 4.75. The van der Waals surface area contributed by atoms with Gasteiger partial charge >= 0.3 is 0 Å². The molecule has 25 heavy (non-hydrogen) atoms. The summed E-state index contributed by atoms with van der Waals surface area (Å²) in [6.45, 7) is 3.06. The van der Waals surface area contributed by atoms with E-state index in [-0.39, 0.29) is 0 Å². The largest absolute Gasteiger partial charge is 0.383 e. The first-order valence-electron chi connectivity index (χ1n) is 8.45. The van der Waals surface area contributed by atoms with Gasteiger partial charge in [-0.25, -0.2) is 0 Å². The zero-order chi connectivity index (χ0) is 17.5. The molecule has 0 saturated heterocycles. The molecule has 0 aliphatic heterocycles. The maximum Gasteiger partial charge on any atom is 0.147 e. The maximum absolute atomic E-state index is 5.13. The van der Waals surface area contributed by atoms with Crippen LogP contribution in [0.4, 0.5) is 0 Å².